The molecule has 1 fully saturated rings. The fourth-order valence-electron chi connectivity index (χ4n) is 3.64. The van der Waals surface area contributed by atoms with Crippen LogP contribution in [0.5, 0.6) is 0 Å². The van der Waals surface area contributed by atoms with Gasteiger partial charge in [0.15, 0.2) is 0 Å². The smallest absolute Gasteiger partial charge is 0.138 e. The lowest BCUT2D eigenvalue weighted by molar-refractivity contribution is 0.244. The molecule has 0 radical (unpaired) electrons. The fourth-order valence-corrected chi connectivity index (χ4v) is 3.64. The van der Waals surface area contributed by atoms with Gasteiger partial charge in [0.05, 0.1) is 11.7 Å². The molecule has 1 aliphatic heterocycles. The van der Waals surface area contributed by atoms with Gasteiger partial charge in [-0.25, -0.2) is 9.97 Å². The zero-order valence-electron chi connectivity index (χ0n) is 14.5. The van der Waals surface area contributed by atoms with Crippen molar-refractivity contribution in [2.45, 2.75) is 38.8 Å². The molecule has 0 aliphatic carbocycles. The van der Waals surface area contributed by atoms with Gasteiger partial charge >= 0.3 is 0 Å². The Morgan fingerprint density at radius 2 is 2.12 bits per heavy atom. The first kappa shape index (κ1) is 16.0. The van der Waals surface area contributed by atoms with Crippen molar-refractivity contribution in [1.82, 2.24) is 24.4 Å². The summed E-state index contributed by atoms with van der Waals surface area (Å²) < 4.78 is 2.09. The van der Waals surface area contributed by atoms with E-state index in [0.717, 1.165) is 43.3 Å². The molecule has 1 atom stereocenters. The third-order valence-corrected chi connectivity index (χ3v) is 4.85. The summed E-state index contributed by atoms with van der Waals surface area (Å²) in [4.78, 5) is 16.1. The van der Waals surface area contributed by atoms with Crippen molar-refractivity contribution in [2.75, 3.05) is 6.54 Å². The Hall–Kier alpha value is -2.53. The van der Waals surface area contributed by atoms with E-state index in [-0.39, 0.29) is 0 Å². The zero-order valence-corrected chi connectivity index (χ0v) is 14.5. The molecule has 1 aliphatic rings. The number of hydrogen-bond acceptors (Lipinski definition) is 4. The van der Waals surface area contributed by atoms with E-state index in [9.17, 15) is 0 Å². The van der Waals surface area contributed by atoms with Gasteiger partial charge in [-0.2, -0.15) is 0 Å². The van der Waals surface area contributed by atoms with Gasteiger partial charge in [0.1, 0.15) is 11.6 Å². The Morgan fingerprint density at radius 1 is 1.16 bits per heavy atom. The van der Waals surface area contributed by atoms with Crippen LogP contribution in [0.1, 0.15) is 42.9 Å². The molecule has 1 saturated heterocycles. The van der Waals surface area contributed by atoms with Crippen molar-refractivity contribution in [3.8, 4) is 5.82 Å². The average Bonchev–Trinajstić information content (AvgIpc) is 3.32. The molecular weight excluding hydrogens is 310 g/mol. The Labute approximate surface area is 148 Å². The molecule has 5 heteroatoms. The van der Waals surface area contributed by atoms with E-state index in [1.54, 1.807) is 0 Å². The quantitative estimate of drug-likeness (QED) is 0.716. The minimum absolute atomic E-state index is 0.369. The summed E-state index contributed by atoms with van der Waals surface area (Å²) in [7, 11) is 0. The van der Waals surface area contributed by atoms with Gasteiger partial charge in [0, 0.05) is 37.8 Å². The second-order valence-corrected chi connectivity index (χ2v) is 6.48. The van der Waals surface area contributed by atoms with E-state index in [4.69, 9.17) is 4.98 Å². The molecule has 3 aromatic rings. The van der Waals surface area contributed by atoms with Crippen LogP contribution in [0.25, 0.3) is 5.82 Å². The van der Waals surface area contributed by atoms with Crippen molar-refractivity contribution >= 4 is 0 Å². The van der Waals surface area contributed by atoms with Crippen LogP contribution < -0.4 is 0 Å². The molecule has 0 N–H and O–H groups in total. The van der Waals surface area contributed by atoms with Gasteiger partial charge in [-0.3, -0.25) is 14.5 Å². The molecule has 1 unspecified atom stereocenters. The third kappa shape index (κ3) is 3.33. The minimum atomic E-state index is 0.369. The number of likely N-dealkylation sites (tertiary alicyclic amines) is 1. The lowest BCUT2D eigenvalue weighted by atomic mass is 10.1. The molecule has 5 nitrogen and oxygen atoms in total. The molecular formula is C20H23N5. The predicted molar refractivity (Wildman–Crippen MR) is 97.4 cm³/mol. The number of aryl methyl sites for hydroxylation is 1. The van der Waals surface area contributed by atoms with Crippen LogP contribution in [-0.4, -0.2) is 31.0 Å². The van der Waals surface area contributed by atoms with E-state index in [1.165, 1.54) is 12.0 Å². The van der Waals surface area contributed by atoms with Gasteiger partial charge in [-0.05, 0) is 43.1 Å². The number of nitrogens with zero attached hydrogens (tertiary/aromatic N) is 5. The van der Waals surface area contributed by atoms with E-state index < -0.39 is 0 Å². The van der Waals surface area contributed by atoms with Crippen LogP contribution in [0, 0.1) is 0 Å². The molecule has 0 spiro atoms. The number of hydrogen-bond donors (Lipinski definition) is 0. The molecule has 0 bridgehead atoms. The van der Waals surface area contributed by atoms with Crippen LogP contribution in [0.4, 0.5) is 0 Å². The summed E-state index contributed by atoms with van der Waals surface area (Å²) in [5.41, 5.74) is 2.41. The highest BCUT2D eigenvalue weighted by Gasteiger charge is 2.27. The first-order valence-corrected chi connectivity index (χ1v) is 8.97. The van der Waals surface area contributed by atoms with Crippen LogP contribution in [0.2, 0.25) is 0 Å². The molecule has 0 amide bonds. The molecule has 0 saturated carbocycles. The Kier molecular flexibility index (Phi) is 4.57. The molecule has 128 valence electrons. The standard InChI is InChI=1S/C20H23N5/c1-2-19-22-11-13-25(19)20-9-3-7-17(23-20)18-8-5-12-24(18)15-16-6-4-10-21-14-16/h3-4,6-7,9-11,13-14,18H,2,5,8,12,15H2,1H3. The lowest BCUT2D eigenvalue weighted by Gasteiger charge is -2.24. The average molecular weight is 333 g/mol. The second-order valence-electron chi connectivity index (χ2n) is 6.48. The highest BCUT2D eigenvalue weighted by Crippen LogP contribution is 2.32. The van der Waals surface area contributed by atoms with E-state index >= 15 is 0 Å². The number of imidazole rings is 1. The Balaban J connectivity index is 1.59. The van der Waals surface area contributed by atoms with Crippen LogP contribution in [0.3, 0.4) is 0 Å². The van der Waals surface area contributed by atoms with Crippen molar-refractivity contribution in [1.29, 1.82) is 0 Å². The van der Waals surface area contributed by atoms with Gasteiger partial charge in [-0.15, -0.1) is 0 Å². The maximum Gasteiger partial charge on any atom is 0.138 e. The van der Waals surface area contributed by atoms with Gasteiger partial charge < -0.3 is 0 Å². The van der Waals surface area contributed by atoms with Crippen molar-refractivity contribution in [3.63, 3.8) is 0 Å². The molecule has 4 rings (SSSR count). The molecule has 3 aromatic heterocycles. The monoisotopic (exact) mass is 333 g/mol. The molecule has 25 heavy (non-hydrogen) atoms. The lowest BCUT2D eigenvalue weighted by Crippen LogP contribution is -2.23. The van der Waals surface area contributed by atoms with Crippen molar-refractivity contribution in [2.24, 2.45) is 0 Å². The first-order valence-electron chi connectivity index (χ1n) is 8.97. The van der Waals surface area contributed by atoms with E-state index in [0.29, 0.717) is 6.04 Å². The summed E-state index contributed by atoms with van der Waals surface area (Å²) in [5.74, 6) is 2.00. The third-order valence-electron chi connectivity index (χ3n) is 4.85. The Bertz CT molecular complexity index is 827. The maximum atomic E-state index is 4.96. The van der Waals surface area contributed by atoms with E-state index in [1.807, 2.05) is 30.9 Å². The van der Waals surface area contributed by atoms with Crippen LogP contribution >= 0.6 is 0 Å². The predicted octanol–water partition coefficient (Wildman–Crippen LogP) is 3.56. The summed E-state index contributed by atoms with van der Waals surface area (Å²) in [5, 5.41) is 0. The summed E-state index contributed by atoms with van der Waals surface area (Å²) in [6, 6.07) is 10.8. The van der Waals surface area contributed by atoms with E-state index in [2.05, 4.69) is 50.6 Å². The number of pyridine rings is 2. The largest absolute Gasteiger partial charge is 0.290 e. The van der Waals surface area contributed by atoms with Crippen molar-refractivity contribution < 1.29 is 0 Å². The van der Waals surface area contributed by atoms with Crippen molar-refractivity contribution in [3.05, 3.63) is 72.2 Å². The molecule has 0 aromatic carbocycles. The SMILES string of the molecule is CCc1nccn1-c1cccc(C2CCCN2Cc2cccnc2)n1. The topological polar surface area (TPSA) is 46.8 Å². The molecule has 4 heterocycles. The minimum Gasteiger partial charge on any atom is -0.290 e. The zero-order chi connectivity index (χ0) is 17.1. The maximum absolute atomic E-state index is 4.96. The highest BCUT2D eigenvalue weighted by molar-refractivity contribution is 5.28. The summed E-state index contributed by atoms with van der Waals surface area (Å²) in [6.45, 7) is 4.15. The normalized spacial score (nSPS) is 17.9. The fraction of sp³-hybridized carbons (Fsp3) is 0.350. The van der Waals surface area contributed by atoms with Gasteiger partial charge in [0.25, 0.3) is 0 Å². The summed E-state index contributed by atoms with van der Waals surface area (Å²) >= 11 is 0. The number of rotatable bonds is 5. The Morgan fingerprint density at radius 3 is 2.96 bits per heavy atom. The number of aromatic nitrogens is 4. The summed E-state index contributed by atoms with van der Waals surface area (Å²) in [6.07, 6.45) is 10.9. The van der Waals surface area contributed by atoms with Crippen LogP contribution in [-0.2, 0) is 13.0 Å². The highest BCUT2D eigenvalue weighted by atomic mass is 15.2. The van der Waals surface area contributed by atoms with Gasteiger partial charge in [0.2, 0.25) is 0 Å². The van der Waals surface area contributed by atoms with Gasteiger partial charge in [-0.1, -0.05) is 19.1 Å². The first-order chi connectivity index (χ1) is 12.3. The second kappa shape index (κ2) is 7.15. The van der Waals surface area contributed by atoms with Crippen LogP contribution in [0.15, 0.2) is 55.1 Å².